The number of Topliss-reactive ketones (excluding diaryl/α,β-unsaturated/α-hetero) is 1. The van der Waals surface area contributed by atoms with Gasteiger partial charge in [0.25, 0.3) is 0 Å². The van der Waals surface area contributed by atoms with Crippen molar-refractivity contribution in [1.29, 1.82) is 0 Å². The Bertz CT molecular complexity index is 253. The highest BCUT2D eigenvalue weighted by molar-refractivity contribution is 5.79. The number of hydrogen-bond acceptors (Lipinski definition) is 3. The molecule has 3 aliphatic rings. The minimum absolute atomic E-state index is 0.464. The minimum Gasteiger partial charge on any atom is -0.381 e. The predicted octanol–water partition coefficient (Wildman–Crippen LogP) is 1.22. The van der Waals surface area contributed by atoms with Crippen LogP contribution in [-0.2, 0) is 9.53 Å². The van der Waals surface area contributed by atoms with Gasteiger partial charge >= 0.3 is 0 Å². The summed E-state index contributed by atoms with van der Waals surface area (Å²) in [7, 11) is 0. The highest BCUT2D eigenvalue weighted by atomic mass is 16.5. The average Bonchev–Trinajstić information content (AvgIpc) is 2.66. The Labute approximate surface area is 90.8 Å². The van der Waals surface area contributed by atoms with E-state index in [2.05, 4.69) is 4.90 Å². The molecule has 0 unspecified atom stereocenters. The Balaban J connectivity index is 1.52. The molecule has 0 atom stereocenters. The van der Waals surface area contributed by atoms with Crippen LogP contribution in [0.15, 0.2) is 0 Å². The number of carbonyl (C=O) groups is 1. The lowest BCUT2D eigenvalue weighted by Gasteiger charge is -2.51. The van der Waals surface area contributed by atoms with Crippen LogP contribution < -0.4 is 0 Å². The van der Waals surface area contributed by atoms with Gasteiger partial charge in [-0.1, -0.05) is 0 Å². The summed E-state index contributed by atoms with van der Waals surface area (Å²) >= 11 is 0. The molecule has 1 spiro atoms. The fraction of sp³-hybridized carbons (Fsp3) is 0.917. The lowest BCUT2D eigenvalue weighted by molar-refractivity contribution is -0.123. The van der Waals surface area contributed by atoms with Crippen LogP contribution in [0.3, 0.4) is 0 Å². The molecule has 3 rings (SSSR count). The van der Waals surface area contributed by atoms with E-state index in [1.54, 1.807) is 0 Å². The van der Waals surface area contributed by atoms with Crippen LogP contribution in [0.5, 0.6) is 0 Å². The van der Waals surface area contributed by atoms with Crippen molar-refractivity contribution in [2.24, 2.45) is 5.41 Å². The third-order valence-electron chi connectivity index (χ3n) is 4.29. The van der Waals surface area contributed by atoms with Crippen LogP contribution in [0, 0.1) is 5.41 Å². The average molecular weight is 209 g/mol. The SMILES string of the molecule is O=C1CCC(N2CC3(CCOC3)C2)CC1. The van der Waals surface area contributed by atoms with Crippen molar-refractivity contribution in [3.8, 4) is 0 Å². The maximum absolute atomic E-state index is 11.1. The van der Waals surface area contributed by atoms with Crippen LogP contribution in [-0.4, -0.2) is 43.0 Å². The molecule has 3 heteroatoms. The van der Waals surface area contributed by atoms with E-state index in [0.29, 0.717) is 17.2 Å². The van der Waals surface area contributed by atoms with Crippen molar-refractivity contribution in [2.45, 2.75) is 38.1 Å². The van der Waals surface area contributed by atoms with E-state index < -0.39 is 0 Å². The molecule has 3 nitrogen and oxygen atoms in total. The topological polar surface area (TPSA) is 29.5 Å². The Morgan fingerprint density at radius 3 is 2.60 bits per heavy atom. The Morgan fingerprint density at radius 2 is 2.00 bits per heavy atom. The fourth-order valence-electron chi connectivity index (χ4n) is 3.26. The highest BCUT2D eigenvalue weighted by Gasteiger charge is 2.47. The maximum Gasteiger partial charge on any atom is 0.133 e. The first kappa shape index (κ1) is 9.79. The number of hydrogen-bond donors (Lipinski definition) is 0. The molecule has 1 aliphatic carbocycles. The molecule has 0 bridgehead atoms. The molecule has 15 heavy (non-hydrogen) atoms. The van der Waals surface area contributed by atoms with Crippen molar-refractivity contribution in [1.82, 2.24) is 4.90 Å². The van der Waals surface area contributed by atoms with E-state index >= 15 is 0 Å². The van der Waals surface area contributed by atoms with E-state index in [0.717, 1.165) is 38.9 Å². The predicted molar refractivity (Wildman–Crippen MR) is 56.7 cm³/mol. The van der Waals surface area contributed by atoms with Gasteiger partial charge in [0.2, 0.25) is 0 Å². The third kappa shape index (κ3) is 1.72. The standard InChI is InChI=1S/C12H19NO2/c14-11-3-1-10(2-4-11)13-7-12(8-13)5-6-15-9-12/h10H,1-9H2. The van der Waals surface area contributed by atoms with E-state index in [-0.39, 0.29) is 0 Å². The number of nitrogens with zero attached hydrogens (tertiary/aromatic N) is 1. The van der Waals surface area contributed by atoms with Gasteiger partial charge in [0.05, 0.1) is 6.61 Å². The molecule has 0 radical (unpaired) electrons. The molecule has 0 aromatic carbocycles. The lowest BCUT2D eigenvalue weighted by atomic mass is 9.76. The van der Waals surface area contributed by atoms with Gasteiger partial charge in [-0.3, -0.25) is 9.69 Å². The third-order valence-corrected chi connectivity index (χ3v) is 4.29. The summed E-state index contributed by atoms with van der Waals surface area (Å²) in [6.07, 6.45) is 5.05. The summed E-state index contributed by atoms with van der Waals surface area (Å²) in [5.74, 6) is 0.464. The normalized spacial score (nSPS) is 32.1. The van der Waals surface area contributed by atoms with E-state index in [1.165, 1.54) is 19.5 Å². The maximum atomic E-state index is 11.1. The van der Waals surface area contributed by atoms with Crippen molar-refractivity contribution in [3.05, 3.63) is 0 Å². The molecule has 0 aromatic heterocycles. The summed E-state index contributed by atoms with van der Waals surface area (Å²) in [6, 6.07) is 0.689. The number of ketones is 1. The summed E-state index contributed by atoms with van der Waals surface area (Å²) in [4.78, 5) is 13.7. The second-order valence-electron chi connectivity index (χ2n) is 5.48. The van der Waals surface area contributed by atoms with Crippen molar-refractivity contribution < 1.29 is 9.53 Å². The molecule has 2 saturated heterocycles. The number of ether oxygens (including phenoxy) is 1. The van der Waals surface area contributed by atoms with Gasteiger partial charge in [-0.15, -0.1) is 0 Å². The first-order chi connectivity index (χ1) is 7.27. The van der Waals surface area contributed by atoms with Gasteiger partial charge < -0.3 is 4.74 Å². The van der Waals surface area contributed by atoms with Crippen LogP contribution in [0.25, 0.3) is 0 Å². The van der Waals surface area contributed by atoms with Gasteiger partial charge in [0.15, 0.2) is 0 Å². The van der Waals surface area contributed by atoms with Gasteiger partial charge in [0, 0.05) is 44.0 Å². The summed E-state index contributed by atoms with van der Waals surface area (Å²) in [5.41, 5.74) is 0.501. The summed E-state index contributed by atoms with van der Waals surface area (Å²) in [5, 5.41) is 0. The number of rotatable bonds is 1. The zero-order chi connectivity index (χ0) is 10.3. The second kappa shape index (κ2) is 3.56. The molecule has 0 amide bonds. The van der Waals surface area contributed by atoms with Crippen molar-refractivity contribution in [2.75, 3.05) is 26.3 Å². The van der Waals surface area contributed by atoms with Crippen LogP contribution in [0.1, 0.15) is 32.1 Å². The Morgan fingerprint density at radius 1 is 1.27 bits per heavy atom. The number of likely N-dealkylation sites (tertiary alicyclic amines) is 1. The molecule has 3 fully saturated rings. The molecular weight excluding hydrogens is 190 g/mol. The largest absolute Gasteiger partial charge is 0.381 e. The molecule has 84 valence electrons. The van der Waals surface area contributed by atoms with Gasteiger partial charge in [-0.05, 0) is 19.3 Å². The monoisotopic (exact) mass is 209 g/mol. The first-order valence-corrected chi connectivity index (χ1v) is 6.11. The van der Waals surface area contributed by atoms with Crippen LogP contribution in [0.2, 0.25) is 0 Å². The van der Waals surface area contributed by atoms with Gasteiger partial charge in [0.1, 0.15) is 5.78 Å². The zero-order valence-electron chi connectivity index (χ0n) is 9.21. The summed E-state index contributed by atoms with van der Waals surface area (Å²) < 4.78 is 5.47. The Kier molecular flexibility index (Phi) is 2.33. The molecule has 2 heterocycles. The molecule has 1 saturated carbocycles. The molecule has 0 aromatic rings. The fourth-order valence-corrected chi connectivity index (χ4v) is 3.26. The highest BCUT2D eigenvalue weighted by Crippen LogP contribution is 2.41. The van der Waals surface area contributed by atoms with Crippen LogP contribution in [0.4, 0.5) is 0 Å². The van der Waals surface area contributed by atoms with Crippen molar-refractivity contribution >= 4 is 5.78 Å². The quantitative estimate of drug-likeness (QED) is 0.650. The Hall–Kier alpha value is -0.410. The first-order valence-electron chi connectivity index (χ1n) is 6.11. The van der Waals surface area contributed by atoms with E-state index in [4.69, 9.17) is 4.74 Å². The van der Waals surface area contributed by atoms with Crippen molar-refractivity contribution in [3.63, 3.8) is 0 Å². The molecule has 0 N–H and O–H groups in total. The smallest absolute Gasteiger partial charge is 0.133 e. The zero-order valence-corrected chi connectivity index (χ0v) is 9.21. The summed E-state index contributed by atoms with van der Waals surface area (Å²) in [6.45, 7) is 4.35. The molecule has 2 aliphatic heterocycles. The lowest BCUT2D eigenvalue weighted by Crippen LogP contribution is -2.60. The van der Waals surface area contributed by atoms with Crippen LogP contribution >= 0.6 is 0 Å². The minimum atomic E-state index is 0.464. The van der Waals surface area contributed by atoms with Gasteiger partial charge in [-0.25, -0.2) is 0 Å². The van der Waals surface area contributed by atoms with Gasteiger partial charge in [-0.2, -0.15) is 0 Å². The second-order valence-corrected chi connectivity index (χ2v) is 5.48. The van der Waals surface area contributed by atoms with E-state index in [1.807, 2.05) is 0 Å². The van der Waals surface area contributed by atoms with E-state index in [9.17, 15) is 4.79 Å². The molecular formula is C12H19NO2. The number of carbonyl (C=O) groups excluding carboxylic acids is 1.